The number of aromatic nitrogens is 3. The number of hydrazine groups is 1. The molecule has 2 fully saturated rings. The second kappa shape index (κ2) is 4.60. The fourth-order valence-corrected chi connectivity index (χ4v) is 3.38. The molecule has 0 aliphatic carbocycles. The highest BCUT2D eigenvalue weighted by atomic mass is 15.3. The van der Waals surface area contributed by atoms with Gasteiger partial charge in [0.25, 0.3) is 0 Å². The molecule has 7 heteroatoms. The number of fused-ring (bicyclic) bond motifs is 2. The van der Waals surface area contributed by atoms with Gasteiger partial charge in [-0.3, -0.25) is 4.90 Å². The number of piperazine rings is 1. The zero-order valence-corrected chi connectivity index (χ0v) is 11.4. The third kappa shape index (κ3) is 1.82. The first-order chi connectivity index (χ1) is 9.85. The lowest BCUT2D eigenvalue weighted by Gasteiger charge is -2.38. The molecule has 0 saturated carbocycles. The number of imidazole rings is 1. The monoisotopic (exact) mass is 273 g/mol. The quantitative estimate of drug-likeness (QED) is 0.605. The summed E-state index contributed by atoms with van der Waals surface area (Å²) in [6, 6.07) is 0.662. The van der Waals surface area contributed by atoms with E-state index in [1.54, 1.807) is 6.20 Å². The minimum Gasteiger partial charge on any atom is -0.351 e. The van der Waals surface area contributed by atoms with E-state index >= 15 is 0 Å². The number of nitrogen functional groups attached to an aromatic ring is 1. The molecule has 0 bridgehead atoms. The van der Waals surface area contributed by atoms with Crippen LogP contribution in [0.15, 0.2) is 18.6 Å². The van der Waals surface area contributed by atoms with Gasteiger partial charge in [0.15, 0.2) is 17.3 Å². The van der Waals surface area contributed by atoms with E-state index in [4.69, 9.17) is 5.84 Å². The Balaban J connectivity index is 1.72. The minimum absolute atomic E-state index is 0.662. The topological polar surface area (TPSA) is 74.7 Å². The SMILES string of the molecule is NNc1cn2ccnc2c(N2CCN3CCCC3C2)n1. The molecule has 20 heavy (non-hydrogen) atoms. The molecule has 1 unspecified atom stereocenters. The van der Waals surface area contributed by atoms with Gasteiger partial charge in [-0.1, -0.05) is 0 Å². The summed E-state index contributed by atoms with van der Waals surface area (Å²) in [7, 11) is 0. The van der Waals surface area contributed by atoms with E-state index < -0.39 is 0 Å². The predicted octanol–water partition coefficient (Wildman–Crippen LogP) is 0.299. The van der Waals surface area contributed by atoms with Crippen LogP contribution < -0.4 is 16.2 Å². The molecule has 0 radical (unpaired) electrons. The van der Waals surface area contributed by atoms with Crippen LogP contribution in [0.4, 0.5) is 11.6 Å². The van der Waals surface area contributed by atoms with Crippen LogP contribution in [0.3, 0.4) is 0 Å². The maximum absolute atomic E-state index is 5.52. The Morgan fingerprint density at radius 3 is 3.15 bits per heavy atom. The van der Waals surface area contributed by atoms with Gasteiger partial charge in [0, 0.05) is 38.1 Å². The molecule has 0 amide bonds. The van der Waals surface area contributed by atoms with Crippen LogP contribution in [-0.4, -0.2) is 51.5 Å². The Bertz CT molecular complexity index is 622. The van der Waals surface area contributed by atoms with Crippen LogP contribution in [0, 0.1) is 0 Å². The van der Waals surface area contributed by atoms with E-state index in [1.807, 2.05) is 16.8 Å². The van der Waals surface area contributed by atoms with Crippen LogP contribution in [0.2, 0.25) is 0 Å². The van der Waals surface area contributed by atoms with Gasteiger partial charge < -0.3 is 14.7 Å². The molecule has 2 aromatic heterocycles. The van der Waals surface area contributed by atoms with Crippen molar-refractivity contribution in [2.45, 2.75) is 18.9 Å². The Hall–Kier alpha value is -1.86. The highest BCUT2D eigenvalue weighted by Gasteiger charge is 2.32. The lowest BCUT2D eigenvalue weighted by molar-refractivity contribution is 0.230. The summed E-state index contributed by atoms with van der Waals surface area (Å²) in [6.07, 6.45) is 8.18. The lowest BCUT2D eigenvalue weighted by atomic mass is 10.1. The van der Waals surface area contributed by atoms with Gasteiger partial charge in [-0.05, 0) is 19.4 Å². The maximum atomic E-state index is 5.52. The fraction of sp³-hybridized carbons (Fsp3) is 0.538. The van der Waals surface area contributed by atoms with Gasteiger partial charge >= 0.3 is 0 Å². The number of anilines is 2. The van der Waals surface area contributed by atoms with E-state index in [0.29, 0.717) is 11.9 Å². The minimum atomic E-state index is 0.662. The lowest BCUT2D eigenvalue weighted by Crippen LogP contribution is -2.50. The van der Waals surface area contributed by atoms with Crippen molar-refractivity contribution in [2.24, 2.45) is 5.84 Å². The molecular weight excluding hydrogens is 254 g/mol. The highest BCUT2D eigenvalue weighted by molar-refractivity contribution is 5.67. The first kappa shape index (κ1) is 11.9. The molecule has 7 nitrogen and oxygen atoms in total. The Morgan fingerprint density at radius 2 is 2.25 bits per heavy atom. The Morgan fingerprint density at radius 1 is 1.30 bits per heavy atom. The second-order valence-corrected chi connectivity index (χ2v) is 5.53. The summed E-state index contributed by atoms with van der Waals surface area (Å²) in [6.45, 7) is 4.39. The third-order valence-electron chi connectivity index (χ3n) is 4.39. The van der Waals surface area contributed by atoms with Crippen molar-refractivity contribution >= 4 is 17.3 Å². The molecule has 2 aliphatic rings. The van der Waals surface area contributed by atoms with E-state index in [2.05, 4.69) is 25.2 Å². The molecule has 0 spiro atoms. The summed E-state index contributed by atoms with van der Waals surface area (Å²) in [5.74, 6) is 7.11. The molecular formula is C13H19N7. The second-order valence-electron chi connectivity index (χ2n) is 5.53. The first-order valence-electron chi connectivity index (χ1n) is 7.14. The van der Waals surface area contributed by atoms with Crippen molar-refractivity contribution in [3.05, 3.63) is 18.6 Å². The number of hydrogen-bond donors (Lipinski definition) is 2. The largest absolute Gasteiger partial charge is 0.351 e. The molecule has 4 heterocycles. The maximum Gasteiger partial charge on any atom is 0.180 e. The zero-order valence-electron chi connectivity index (χ0n) is 11.4. The highest BCUT2D eigenvalue weighted by Crippen LogP contribution is 2.27. The molecule has 2 aromatic rings. The summed E-state index contributed by atoms with van der Waals surface area (Å²) in [4.78, 5) is 14.0. The van der Waals surface area contributed by atoms with Crippen molar-refractivity contribution in [3.8, 4) is 0 Å². The van der Waals surface area contributed by atoms with Crippen LogP contribution >= 0.6 is 0 Å². The molecule has 3 N–H and O–H groups in total. The smallest absolute Gasteiger partial charge is 0.180 e. The molecule has 2 aliphatic heterocycles. The molecule has 4 rings (SSSR count). The average molecular weight is 273 g/mol. The van der Waals surface area contributed by atoms with E-state index in [1.165, 1.54) is 19.4 Å². The van der Waals surface area contributed by atoms with Crippen molar-refractivity contribution in [1.82, 2.24) is 19.3 Å². The number of nitrogens with zero attached hydrogens (tertiary/aromatic N) is 5. The van der Waals surface area contributed by atoms with Gasteiger partial charge in [0.05, 0.1) is 6.20 Å². The molecule has 1 atom stereocenters. The van der Waals surface area contributed by atoms with Gasteiger partial charge in [-0.15, -0.1) is 0 Å². The van der Waals surface area contributed by atoms with Gasteiger partial charge in [-0.25, -0.2) is 15.8 Å². The van der Waals surface area contributed by atoms with Crippen molar-refractivity contribution in [1.29, 1.82) is 0 Å². The average Bonchev–Trinajstić information content (AvgIpc) is 3.13. The first-order valence-corrected chi connectivity index (χ1v) is 7.14. The van der Waals surface area contributed by atoms with Crippen molar-refractivity contribution in [2.75, 3.05) is 36.5 Å². The van der Waals surface area contributed by atoms with E-state index in [0.717, 1.165) is 31.1 Å². The van der Waals surface area contributed by atoms with Crippen molar-refractivity contribution < 1.29 is 0 Å². The van der Waals surface area contributed by atoms with Crippen LogP contribution in [0.5, 0.6) is 0 Å². The number of hydrogen-bond acceptors (Lipinski definition) is 6. The summed E-state index contributed by atoms with van der Waals surface area (Å²) in [5, 5.41) is 0. The summed E-state index contributed by atoms with van der Waals surface area (Å²) in [5.41, 5.74) is 3.54. The van der Waals surface area contributed by atoms with Crippen LogP contribution in [0.1, 0.15) is 12.8 Å². The van der Waals surface area contributed by atoms with Crippen LogP contribution in [-0.2, 0) is 0 Å². The Labute approximate surface area is 117 Å². The van der Waals surface area contributed by atoms with E-state index in [-0.39, 0.29) is 0 Å². The predicted molar refractivity (Wildman–Crippen MR) is 77.6 cm³/mol. The van der Waals surface area contributed by atoms with E-state index in [9.17, 15) is 0 Å². The third-order valence-corrected chi connectivity index (χ3v) is 4.39. The number of nitrogens with two attached hydrogens (primary N) is 1. The zero-order chi connectivity index (χ0) is 13.5. The van der Waals surface area contributed by atoms with Gasteiger partial charge in [0.1, 0.15) is 0 Å². The van der Waals surface area contributed by atoms with Crippen LogP contribution in [0.25, 0.3) is 5.65 Å². The number of rotatable bonds is 2. The van der Waals surface area contributed by atoms with Crippen molar-refractivity contribution in [3.63, 3.8) is 0 Å². The normalized spacial score (nSPS) is 23.2. The fourth-order valence-electron chi connectivity index (χ4n) is 3.38. The van der Waals surface area contributed by atoms with Gasteiger partial charge in [-0.2, -0.15) is 0 Å². The molecule has 106 valence electrons. The Kier molecular flexibility index (Phi) is 2.75. The molecule has 0 aromatic carbocycles. The van der Waals surface area contributed by atoms with Gasteiger partial charge in [0.2, 0.25) is 0 Å². The molecule has 2 saturated heterocycles. The standard InChI is InChI=1S/C13H19N7/c14-17-11-9-19-5-3-15-12(19)13(16-11)20-7-6-18-4-1-2-10(18)8-20/h3,5,9-10,17H,1-2,4,6-8,14H2. The summed E-state index contributed by atoms with van der Waals surface area (Å²) < 4.78 is 1.97. The summed E-state index contributed by atoms with van der Waals surface area (Å²) >= 11 is 0. The number of nitrogens with one attached hydrogen (secondary N) is 1.